The largest absolute Gasteiger partial charge is 0.261 e. The highest BCUT2D eigenvalue weighted by Crippen LogP contribution is 2.44. The molecule has 5 heteroatoms. The minimum Gasteiger partial charge on any atom is -0.261 e. The van der Waals surface area contributed by atoms with E-state index in [1.54, 1.807) is 0 Å². The Balaban J connectivity index is 1.60. The number of hydrazone groups is 1. The van der Waals surface area contributed by atoms with E-state index in [1.165, 1.54) is 42.7 Å². The summed E-state index contributed by atoms with van der Waals surface area (Å²) >= 11 is 6.36. The summed E-state index contributed by atoms with van der Waals surface area (Å²) in [4.78, 5) is 4.77. The van der Waals surface area contributed by atoms with Gasteiger partial charge in [0, 0.05) is 22.9 Å². The van der Waals surface area contributed by atoms with Crippen LogP contribution in [0.15, 0.2) is 35.4 Å². The second-order valence-electron chi connectivity index (χ2n) is 8.23. The zero-order valence-electron chi connectivity index (χ0n) is 16.0. The fraction of sp³-hybridized carbons (Fsp3) is 0.435. The number of pyridine rings is 1. The predicted molar refractivity (Wildman–Crippen MR) is 112 cm³/mol. The summed E-state index contributed by atoms with van der Waals surface area (Å²) in [7, 11) is 0. The van der Waals surface area contributed by atoms with Gasteiger partial charge in [0.2, 0.25) is 0 Å². The monoisotopic (exact) mass is 390 g/mol. The molecule has 5 rings (SSSR count). The Hall–Kier alpha value is -2.38. The molecule has 0 saturated heterocycles. The standard InChI is InChI=1S/C23H23ClN4/c1-14-6-9-18-21(26-14)11-10-19-22(18)27-28(23(19)15-4-2-3-5-15)17-8-7-16(13-25)20(24)12-17/h6-9,12,15,19,23H,2-5,10-11H2,1H3/t19-,23?/m0/s1. The highest BCUT2D eigenvalue weighted by atomic mass is 35.5. The van der Waals surface area contributed by atoms with E-state index in [2.05, 4.69) is 30.1 Å². The van der Waals surface area contributed by atoms with E-state index in [0.29, 0.717) is 28.5 Å². The average Bonchev–Trinajstić information content (AvgIpc) is 3.34. The number of aryl methyl sites for hydroxylation is 2. The molecule has 0 bridgehead atoms. The summed E-state index contributed by atoms with van der Waals surface area (Å²) in [5.74, 6) is 1.09. The van der Waals surface area contributed by atoms with Gasteiger partial charge in [0.05, 0.1) is 28.0 Å². The molecule has 1 aromatic heterocycles. The number of rotatable bonds is 2. The van der Waals surface area contributed by atoms with Gasteiger partial charge < -0.3 is 0 Å². The zero-order valence-corrected chi connectivity index (χ0v) is 16.8. The second-order valence-corrected chi connectivity index (χ2v) is 8.64. The Kier molecular flexibility index (Phi) is 4.36. The molecule has 1 aliphatic heterocycles. The van der Waals surface area contributed by atoms with E-state index in [0.717, 1.165) is 24.2 Å². The Morgan fingerprint density at radius 2 is 1.96 bits per heavy atom. The average molecular weight is 391 g/mol. The van der Waals surface area contributed by atoms with E-state index in [-0.39, 0.29) is 0 Å². The number of fused-ring (bicyclic) bond motifs is 3. The van der Waals surface area contributed by atoms with Crippen molar-refractivity contribution in [1.82, 2.24) is 4.98 Å². The Labute approximate surface area is 170 Å². The molecule has 0 N–H and O–H groups in total. The molecule has 1 aromatic carbocycles. The van der Waals surface area contributed by atoms with E-state index in [4.69, 9.17) is 21.7 Å². The van der Waals surface area contributed by atoms with Crippen LogP contribution in [-0.4, -0.2) is 16.7 Å². The molecule has 3 aliphatic rings. The van der Waals surface area contributed by atoms with Crippen molar-refractivity contribution in [2.45, 2.75) is 51.5 Å². The Morgan fingerprint density at radius 1 is 1.14 bits per heavy atom. The molecule has 1 unspecified atom stereocenters. The number of hydrogen-bond donors (Lipinski definition) is 0. The van der Waals surface area contributed by atoms with Gasteiger partial charge in [-0.05, 0) is 68.9 Å². The van der Waals surface area contributed by atoms with Gasteiger partial charge in [-0.1, -0.05) is 24.4 Å². The molecule has 1 saturated carbocycles. The van der Waals surface area contributed by atoms with Gasteiger partial charge in [-0.15, -0.1) is 0 Å². The van der Waals surface area contributed by atoms with Crippen molar-refractivity contribution >= 4 is 23.0 Å². The SMILES string of the molecule is Cc1ccc2c(n1)CC[C@H]1C2=NN(c2ccc(C#N)c(Cl)c2)C1C1CCCC1. The summed E-state index contributed by atoms with van der Waals surface area (Å²) in [5, 5.41) is 17.1. The van der Waals surface area contributed by atoms with Crippen LogP contribution in [0.4, 0.5) is 5.69 Å². The molecule has 4 nitrogen and oxygen atoms in total. The summed E-state index contributed by atoms with van der Waals surface area (Å²) < 4.78 is 0. The van der Waals surface area contributed by atoms with Crippen LogP contribution in [0.25, 0.3) is 0 Å². The number of hydrogen-bond acceptors (Lipinski definition) is 4. The number of aromatic nitrogens is 1. The van der Waals surface area contributed by atoms with Crippen LogP contribution in [-0.2, 0) is 6.42 Å². The maximum absolute atomic E-state index is 9.22. The maximum atomic E-state index is 9.22. The van der Waals surface area contributed by atoms with Crippen LogP contribution in [0.1, 0.15) is 54.6 Å². The first-order valence-corrected chi connectivity index (χ1v) is 10.6. The van der Waals surface area contributed by atoms with Gasteiger partial charge in [0.1, 0.15) is 6.07 Å². The van der Waals surface area contributed by atoms with Crippen molar-refractivity contribution in [3.63, 3.8) is 0 Å². The summed E-state index contributed by atoms with van der Waals surface area (Å²) in [5.41, 5.74) is 6.15. The Bertz CT molecular complexity index is 1000. The second kappa shape index (κ2) is 6.90. The number of halogens is 1. The molecule has 2 atom stereocenters. The molecular formula is C23H23ClN4. The van der Waals surface area contributed by atoms with Crippen LogP contribution >= 0.6 is 11.6 Å². The van der Waals surface area contributed by atoms with Crippen molar-refractivity contribution in [1.29, 1.82) is 5.26 Å². The van der Waals surface area contributed by atoms with Crippen LogP contribution in [0.2, 0.25) is 5.02 Å². The molecule has 0 amide bonds. The van der Waals surface area contributed by atoms with Crippen LogP contribution in [0.5, 0.6) is 0 Å². The Morgan fingerprint density at radius 3 is 2.71 bits per heavy atom. The number of nitrogens with zero attached hydrogens (tertiary/aromatic N) is 4. The smallest absolute Gasteiger partial charge is 0.101 e. The summed E-state index contributed by atoms with van der Waals surface area (Å²) in [6, 6.07) is 12.5. The lowest BCUT2D eigenvalue weighted by atomic mass is 9.76. The first-order chi connectivity index (χ1) is 13.7. The fourth-order valence-corrected chi connectivity index (χ4v) is 5.49. The van der Waals surface area contributed by atoms with Gasteiger partial charge in [-0.25, -0.2) is 0 Å². The van der Waals surface area contributed by atoms with E-state index in [1.807, 2.05) is 18.2 Å². The topological polar surface area (TPSA) is 52.3 Å². The zero-order chi connectivity index (χ0) is 19.3. The third-order valence-electron chi connectivity index (χ3n) is 6.56. The van der Waals surface area contributed by atoms with Crippen LogP contribution in [0, 0.1) is 30.1 Å². The predicted octanol–water partition coefficient (Wildman–Crippen LogP) is 5.26. The summed E-state index contributed by atoms with van der Waals surface area (Å²) in [6.45, 7) is 2.05. The van der Waals surface area contributed by atoms with Gasteiger partial charge in [-0.3, -0.25) is 9.99 Å². The first kappa shape index (κ1) is 17.7. The fourth-order valence-electron chi connectivity index (χ4n) is 5.27. The molecule has 2 aliphatic carbocycles. The molecule has 0 spiro atoms. The van der Waals surface area contributed by atoms with Gasteiger partial charge in [-0.2, -0.15) is 10.4 Å². The van der Waals surface area contributed by atoms with Gasteiger partial charge in [0.25, 0.3) is 0 Å². The van der Waals surface area contributed by atoms with Crippen molar-refractivity contribution in [2.75, 3.05) is 5.01 Å². The molecule has 1 fully saturated rings. The van der Waals surface area contributed by atoms with Gasteiger partial charge >= 0.3 is 0 Å². The molecule has 28 heavy (non-hydrogen) atoms. The number of nitriles is 1. The van der Waals surface area contributed by atoms with Crippen LogP contribution in [0.3, 0.4) is 0 Å². The number of anilines is 1. The van der Waals surface area contributed by atoms with E-state index in [9.17, 15) is 5.26 Å². The highest BCUT2D eigenvalue weighted by molar-refractivity contribution is 6.32. The lowest BCUT2D eigenvalue weighted by molar-refractivity contribution is 0.353. The summed E-state index contributed by atoms with van der Waals surface area (Å²) in [6.07, 6.45) is 7.27. The molecular weight excluding hydrogens is 368 g/mol. The third kappa shape index (κ3) is 2.81. The number of benzene rings is 1. The highest BCUT2D eigenvalue weighted by Gasteiger charge is 2.45. The molecule has 2 aromatic rings. The lowest BCUT2D eigenvalue weighted by Gasteiger charge is -2.34. The van der Waals surface area contributed by atoms with Gasteiger partial charge in [0.15, 0.2) is 0 Å². The van der Waals surface area contributed by atoms with E-state index < -0.39 is 0 Å². The molecule has 2 heterocycles. The lowest BCUT2D eigenvalue weighted by Crippen LogP contribution is -2.40. The maximum Gasteiger partial charge on any atom is 0.101 e. The van der Waals surface area contributed by atoms with Crippen molar-refractivity contribution in [2.24, 2.45) is 16.9 Å². The quantitative estimate of drug-likeness (QED) is 0.702. The molecule has 142 valence electrons. The first-order valence-electron chi connectivity index (χ1n) is 10.2. The van der Waals surface area contributed by atoms with E-state index >= 15 is 0 Å². The normalized spacial score (nSPS) is 23.9. The van der Waals surface area contributed by atoms with Crippen molar-refractivity contribution < 1.29 is 0 Å². The van der Waals surface area contributed by atoms with Crippen LogP contribution < -0.4 is 5.01 Å². The third-order valence-corrected chi connectivity index (χ3v) is 6.88. The molecule has 0 radical (unpaired) electrons. The minimum atomic E-state index is 0.371. The van der Waals surface area contributed by atoms with Crippen molar-refractivity contribution in [3.05, 3.63) is 57.9 Å². The van der Waals surface area contributed by atoms with Crippen molar-refractivity contribution in [3.8, 4) is 6.07 Å². The minimum absolute atomic E-state index is 0.371.